The van der Waals surface area contributed by atoms with Gasteiger partial charge in [0.1, 0.15) is 0 Å². The van der Waals surface area contributed by atoms with Gasteiger partial charge in [-0.15, -0.1) is 0 Å². The number of hydrogen-bond donors (Lipinski definition) is 1. The lowest BCUT2D eigenvalue weighted by molar-refractivity contribution is -0.122. The average molecular weight is 237 g/mol. The lowest BCUT2D eigenvalue weighted by Gasteiger charge is -2.36. The zero-order valence-electron chi connectivity index (χ0n) is 10.9. The number of nitrogens with zero attached hydrogens (tertiary/aromatic N) is 2. The van der Waals surface area contributed by atoms with Crippen LogP contribution in [-0.2, 0) is 4.79 Å². The van der Waals surface area contributed by atoms with Crippen molar-refractivity contribution in [2.75, 3.05) is 20.1 Å². The summed E-state index contributed by atoms with van der Waals surface area (Å²) in [5.74, 6) is 0.140. The van der Waals surface area contributed by atoms with Crippen LogP contribution in [0.3, 0.4) is 0 Å². The fourth-order valence-corrected chi connectivity index (χ4v) is 2.61. The summed E-state index contributed by atoms with van der Waals surface area (Å²) in [7, 11) is 1.66. The second kappa shape index (κ2) is 7.29. The van der Waals surface area contributed by atoms with E-state index >= 15 is 0 Å². The zero-order valence-corrected chi connectivity index (χ0v) is 10.9. The molecule has 1 aliphatic carbocycles. The molecule has 96 valence electrons. The second-order valence-electron chi connectivity index (χ2n) is 4.73. The Morgan fingerprint density at radius 3 is 2.76 bits per heavy atom. The molecule has 1 rings (SSSR count). The Labute approximate surface area is 104 Å². The Balaban J connectivity index is 2.66. The molecule has 0 saturated heterocycles. The maximum absolute atomic E-state index is 11.5. The third-order valence-corrected chi connectivity index (χ3v) is 3.50. The van der Waals surface area contributed by atoms with Crippen LogP contribution in [0.15, 0.2) is 0 Å². The number of nitrogens with one attached hydrogen (secondary N) is 1. The molecule has 0 aliphatic heterocycles. The van der Waals surface area contributed by atoms with Gasteiger partial charge in [-0.05, 0) is 25.8 Å². The molecule has 4 nitrogen and oxygen atoms in total. The molecule has 0 aromatic heterocycles. The van der Waals surface area contributed by atoms with Gasteiger partial charge >= 0.3 is 0 Å². The van der Waals surface area contributed by atoms with E-state index in [0.29, 0.717) is 6.54 Å². The van der Waals surface area contributed by atoms with Crippen LogP contribution in [0, 0.1) is 17.2 Å². The minimum Gasteiger partial charge on any atom is -0.358 e. The first-order valence-corrected chi connectivity index (χ1v) is 6.57. The number of nitriles is 1. The molecule has 0 heterocycles. The molecule has 2 unspecified atom stereocenters. The predicted octanol–water partition coefficient (Wildman–Crippen LogP) is 1.53. The Morgan fingerprint density at radius 2 is 2.18 bits per heavy atom. The molecule has 1 N–H and O–H groups in total. The van der Waals surface area contributed by atoms with Crippen LogP contribution in [-0.4, -0.2) is 37.0 Å². The molecule has 0 spiro atoms. The molecule has 17 heavy (non-hydrogen) atoms. The van der Waals surface area contributed by atoms with Crippen molar-refractivity contribution in [3.8, 4) is 6.07 Å². The summed E-state index contributed by atoms with van der Waals surface area (Å²) in [4.78, 5) is 13.7. The van der Waals surface area contributed by atoms with Gasteiger partial charge in [-0.1, -0.05) is 19.8 Å². The highest BCUT2D eigenvalue weighted by Crippen LogP contribution is 2.28. The Hall–Kier alpha value is -1.08. The van der Waals surface area contributed by atoms with E-state index in [0.717, 1.165) is 32.2 Å². The number of amides is 1. The molecule has 1 saturated carbocycles. The SMILES string of the molecule is CCCN(CC(=O)NC)C1CCCCC1C#N. The molecule has 0 aromatic rings. The second-order valence-corrected chi connectivity index (χ2v) is 4.73. The first-order chi connectivity index (χ1) is 8.22. The van der Waals surface area contributed by atoms with Crippen molar-refractivity contribution >= 4 is 5.91 Å². The van der Waals surface area contributed by atoms with Crippen LogP contribution >= 0.6 is 0 Å². The summed E-state index contributed by atoms with van der Waals surface area (Å²) in [6.45, 7) is 3.44. The van der Waals surface area contributed by atoms with E-state index in [-0.39, 0.29) is 17.9 Å². The molecule has 1 aliphatic rings. The summed E-state index contributed by atoms with van der Waals surface area (Å²) in [6.07, 6.45) is 5.38. The molecule has 4 heteroatoms. The van der Waals surface area contributed by atoms with E-state index in [1.165, 1.54) is 6.42 Å². The van der Waals surface area contributed by atoms with Crippen LogP contribution in [0.4, 0.5) is 0 Å². The minimum absolute atomic E-state index is 0.0423. The monoisotopic (exact) mass is 237 g/mol. The quantitative estimate of drug-likeness (QED) is 0.789. The minimum atomic E-state index is 0.0423. The van der Waals surface area contributed by atoms with Crippen molar-refractivity contribution < 1.29 is 4.79 Å². The summed E-state index contributed by atoms with van der Waals surface area (Å²) in [5, 5.41) is 11.9. The first kappa shape index (κ1) is 14.0. The Morgan fingerprint density at radius 1 is 1.47 bits per heavy atom. The fourth-order valence-electron chi connectivity index (χ4n) is 2.61. The average Bonchev–Trinajstić information content (AvgIpc) is 2.38. The summed E-state index contributed by atoms with van der Waals surface area (Å²) in [6, 6.07) is 2.68. The molecule has 0 bridgehead atoms. The summed E-state index contributed by atoms with van der Waals surface area (Å²) < 4.78 is 0. The smallest absolute Gasteiger partial charge is 0.233 e. The highest BCUT2D eigenvalue weighted by molar-refractivity contribution is 5.77. The highest BCUT2D eigenvalue weighted by Gasteiger charge is 2.30. The van der Waals surface area contributed by atoms with Crippen molar-refractivity contribution in [1.82, 2.24) is 10.2 Å². The van der Waals surface area contributed by atoms with Crippen LogP contribution < -0.4 is 5.32 Å². The largest absolute Gasteiger partial charge is 0.358 e. The molecular formula is C13H23N3O. The van der Waals surface area contributed by atoms with E-state index in [1.54, 1.807) is 7.05 Å². The summed E-state index contributed by atoms with van der Waals surface area (Å²) >= 11 is 0. The molecule has 0 aromatic carbocycles. The van der Waals surface area contributed by atoms with Gasteiger partial charge in [0.25, 0.3) is 0 Å². The number of carbonyl (C=O) groups is 1. The number of rotatable bonds is 5. The number of likely N-dealkylation sites (N-methyl/N-ethyl adjacent to an activating group) is 1. The summed E-state index contributed by atoms with van der Waals surface area (Å²) in [5.41, 5.74) is 0. The van der Waals surface area contributed by atoms with E-state index in [4.69, 9.17) is 0 Å². The van der Waals surface area contributed by atoms with Gasteiger partial charge in [0, 0.05) is 13.1 Å². The van der Waals surface area contributed by atoms with Crippen molar-refractivity contribution in [3.05, 3.63) is 0 Å². The van der Waals surface area contributed by atoms with E-state index in [1.807, 2.05) is 0 Å². The van der Waals surface area contributed by atoms with Crippen LogP contribution in [0.25, 0.3) is 0 Å². The highest BCUT2D eigenvalue weighted by atomic mass is 16.1. The Bertz CT molecular complexity index is 285. The maximum atomic E-state index is 11.5. The van der Waals surface area contributed by atoms with Crippen molar-refractivity contribution in [2.45, 2.75) is 45.1 Å². The first-order valence-electron chi connectivity index (χ1n) is 6.57. The van der Waals surface area contributed by atoms with E-state index in [2.05, 4.69) is 23.2 Å². The van der Waals surface area contributed by atoms with Gasteiger partial charge in [0.15, 0.2) is 0 Å². The number of carbonyl (C=O) groups excluding carboxylic acids is 1. The Kier molecular flexibility index (Phi) is 5.99. The van der Waals surface area contributed by atoms with E-state index in [9.17, 15) is 10.1 Å². The van der Waals surface area contributed by atoms with Crippen molar-refractivity contribution in [3.63, 3.8) is 0 Å². The van der Waals surface area contributed by atoms with Crippen LogP contribution in [0.5, 0.6) is 0 Å². The lowest BCUT2D eigenvalue weighted by atomic mass is 9.84. The fraction of sp³-hybridized carbons (Fsp3) is 0.846. The third kappa shape index (κ3) is 4.01. The van der Waals surface area contributed by atoms with Crippen LogP contribution in [0.1, 0.15) is 39.0 Å². The van der Waals surface area contributed by atoms with Gasteiger partial charge in [0.2, 0.25) is 5.91 Å². The van der Waals surface area contributed by atoms with Gasteiger partial charge in [-0.3, -0.25) is 9.69 Å². The number of hydrogen-bond acceptors (Lipinski definition) is 3. The topological polar surface area (TPSA) is 56.1 Å². The van der Waals surface area contributed by atoms with Gasteiger partial charge in [0.05, 0.1) is 18.5 Å². The molecule has 1 amide bonds. The predicted molar refractivity (Wildman–Crippen MR) is 67.3 cm³/mol. The molecule has 2 atom stereocenters. The maximum Gasteiger partial charge on any atom is 0.233 e. The zero-order chi connectivity index (χ0) is 12.7. The van der Waals surface area contributed by atoms with Crippen molar-refractivity contribution in [1.29, 1.82) is 5.26 Å². The molecular weight excluding hydrogens is 214 g/mol. The van der Waals surface area contributed by atoms with E-state index < -0.39 is 0 Å². The van der Waals surface area contributed by atoms with Crippen molar-refractivity contribution in [2.24, 2.45) is 5.92 Å². The molecule has 1 fully saturated rings. The molecule has 0 radical (unpaired) electrons. The van der Waals surface area contributed by atoms with Gasteiger partial charge in [-0.2, -0.15) is 5.26 Å². The van der Waals surface area contributed by atoms with Gasteiger partial charge < -0.3 is 5.32 Å². The standard InChI is InChI=1S/C13H23N3O/c1-3-8-16(10-13(17)15-2)12-7-5-4-6-11(12)9-14/h11-12H,3-8,10H2,1-2H3,(H,15,17). The van der Waals surface area contributed by atoms with Gasteiger partial charge in [-0.25, -0.2) is 0 Å². The van der Waals surface area contributed by atoms with Crippen LogP contribution in [0.2, 0.25) is 0 Å². The third-order valence-electron chi connectivity index (χ3n) is 3.50. The normalized spacial score (nSPS) is 24.4. The lowest BCUT2D eigenvalue weighted by Crippen LogP contribution is -2.46.